The van der Waals surface area contributed by atoms with Crippen molar-refractivity contribution in [3.8, 4) is 0 Å². The second-order valence-electron chi connectivity index (χ2n) is 6.33. The molecule has 0 saturated heterocycles. The summed E-state index contributed by atoms with van der Waals surface area (Å²) in [4.78, 5) is 17.4. The lowest BCUT2D eigenvalue weighted by Gasteiger charge is -2.44. The highest BCUT2D eigenvalue weighted by Gasteiger charge is 2.45. The number of fused-ring (bicyclic) bond motifs is 2. The summed E-state index contributed by atoms with van der Waals surface area (Å²) in [6, 6.07) is 16.1. The summed E-state index contributed by atoms with van der Waals surface area (Å²) in [6.45, 7) is 0. The molecular formula is C20H19NO. The van der Waals surface area contributed by atoms with Crippen LogP contribution >= 0.6 is 0 Å². The molecule has 3 aliphatic carbocycles. The van der Waals surface area contributed by atoms with Gasteiger partial charge in [-0.15, -0.1) is 0 Å². The number of benzene rings is 1. The maximum absolute atomic E-state index is 13.1. The first kappa shape index (κ1) is 13.4. The number of hydrogen-bond donors (Lipinski definition) is 0. The van der Waals surface area contributed by atoms with Gasteiger partial charge in [0.05, 0.1) is 0 Å². The lowest BCUT2D eigenvalue weighted by molar-refractivity contribution is 0.0765. The van der Waals surface area contributed by atoms with Crippen LogP contribution in [0.4, 0.5) is 0 Å². The number of allylic oxidation sites excluding steroid dienone is 2. The summed E-state index contributed by atoms with van der Waals surface area (Å²) in [5.74, 6) is 1.35. The van der Waals surface area contributed by atoms with Gasteiger partial charge in [0, 0.05) is 18.0 Å². The van der Waals surface area contributed by atoms with Gasteiger partial charge in [0.2, 0.25) is 0 Å². The lowest BCUT2D eigenvalue weighted by Crippen LogP contribution is -2.40. The summed E-state index contributed by atoms with van der Waals surface area (Å²) in [6.07, 6.45) is 8.61. The fourth-order valence-corrected chi connectivity index (χ4v) is 4.16. The molecule has 0 aliphatic heterocycles. The zero-order valence-corrected chi connectivity index (χ0v) is 12.4. The number of hydrogen-bond acceptors (Lipinski definition) is 2. The molecular weight excluding hydrogens is 270 g/mol. The average Bonchev–Trinajstić information content (AvgIpc) is 2.63. The second-order valence-corrected chi connectivity index (χ2v) is 6.33. The Kier molecular flexibility index (Phi) is 3.38. The number of ketones is 1. The Morgan fingerprint density at radius 3 is 2.32 bits per heavy atom. The first-order chi connectivity index (χ1) is 10.8. The topological polar surface area (TPSA) is 30.0 Å². The molecule has 0 spiro atoms. The van der Waals surface area contributed by atoms with Crippen LogP contribution in [0.25, 0.3) is 0 Å². The molecule has 4 atom stereocenters. The fourth-order valence-electron chi connectivity index (χ4n) is 4.16. The number of nitrogens with zero attached hydrogens (tertiary/aromatic N) is 1. The molecule has 2 heteroatoms. The van der Waals surface area contributed by atoms with E-state index in [4.69, 9.17) is 0 Å². The van der Waals surface area contributed by atoms with Gasteiger partial charge in [0.25, 0.3) is 0 Å². The first-order valence-electron chi connectivity index (χ1n) is 8.03. The third kappa shape index (κ3) is 2.19. The molecule has 0 radical (unpaired) electrons. The molecule has 0 unspecified atom stereocenters. The van der Waals surface area contributed by atoms with E-state index < -0.39 is 0 Å². The molecule has 2 nitrogen and oxygen atoms in total. The standard InChI is InChI=1S/C20H19NO/c22-20(17-8-4-5-13-21-17)19-16-11-9-15(10-12-16)18(19)14-6-2-1-3-7-14/h1-9,11,13,15-16,18-19H,10,12H2/t15-,16+,18+,19+/m0/s1. The number of aromatic nitrogens is 1. The van der Waals surface area contributed by atoms with Gasteiger partial charge in [0.1, 0.15) is 5.69 Å². The summed E-state index contributed by atoms with van der Waals surface area (Å²) in [5.41, 5.74) is 1.89. The zero-order chi connectivity index (χ0) is 14.9. The summed E-state index contributed by atoms with van der Waals surface area (Å²) in [7, 11) is 0. The van der Waals surface area contributed by atoms with Crippen molar-refractivity contribution >= 4 is 5.78 Å². The molecule has 1 aromatic heterocycles. The Morgan fingerprint density at radius 1 is 0.909 bits per heavy atom. The summed E-state index contributed by atoms with van der Waals surface area (Å²) >= 11 is 0. The van der Waals surface area contributed by atoms with E-state index in [1.165, 1.54) is 12.0 Å². The molecule has 1 fully saturated rings. The number of carbonyl (C=O) groups excluding carboxylic acids is 1. The van der Waals surface area contributed by atoms with Gasteiger partial charge in [-0.25, -0.2) is 0 Å². The summed E-state index contributed by atoms with van der Waals surface area (Å²) < 4.78 is 0. The molecule has 1 heterocycles. The smallest absolute Gasteiger partial charge is 0.185 e. The van der Waals surface area contributed by atoms with Crippen LogP contribution in [0, 0.1) is 17.8 Å². The highest BCUT2D eigenvalue weighted by Crippen LogP contribution is 2.50. The van der Waals surface area contributed by atoms with Crippen molar-refractivity contribution in [2.24, 2.45) is 17.8 Å². The van der Waals surface area contributed by atoms with Crippen LogP contribution in [0.2, 0.25) is 0 Å². The first-order valence-corrected chi connectivity index (χ1v) is 8.03. The van der Waals surface area contributed by atoms with Crippen LogP contribution in [-0.2, 0) is 0 Å². The largest absolute Gasteiger partial charge is 0.292 e. The van der Waals surface area contributed by atoms with Gasteiger partial charge in [0.15, 0.2) is 5.78 Å². The lowest BCUT2D eigenvalue weighted by atomic mass is 9.59. The van der Waals surface area contributed by atoms with Crippen LogP contribution in [0.15, 0.2) is 66.9 Å². The Bertz CT molecular complexity index is 692. The van der Waals surface area contributed by atoms with E-state index in [2.05, 4.69) is 41.4 Å². The Labute approximate surface area is 130 Å². The monoisotopic (exact) mass is 289 g/mol. The Morgan fingerprint density at radius 2 is 1.64 bits per heavy atom. The van der Waals surface area contributed by atoms with E-state index in [1.54, 1.807) is 6.20 Å². The normalized spacial score (nSPS) is 29.5. The Hall–Kier alpha value is -2.22. The molecule has 1 aromatic carbocycles. The Balaban J connectivity index is 1.75. The van der Waals surface area contributed by atoms with Gasteiger partial charge < -0.3 is 0 Å². The fraction of sp³-hybridized carbons (Fsp3) is 0.300. The van der Waals surface area contributed by atoms with Crippen LogP contribution in [-0.4, -0.2) is 10.8 Å². The molecule has 1 saturated carbocycles. The van der Waals surface area contributed by atoms with Gasteiger partial charge in [-0.3, -0.25) is 9.78 Å². The minimum absolute atomic E-state index is 0.0287. The SMILES string of the molecule is O=C(c1ccccn1)[C@H]1[C@H](c2ccccc2)[C@H]2C=C[C@@H]1CC2. The number of Topliss-reactive ketones (excluding diaryl/α,β-unsaturated/α-hetero) is 1. The maximum atomic E-state index is 13.1. The van der Waals surface area contributed by atoms with E-state index >= 15 is 0 Å². The molecule has 110 valence electrons. The average molecular weight is 289 g/mol. The number of carbonyl (C=O) groups is 1. The van der Waals surface area contributed by atoms with Crippen LogP contribution in [0.3, 0.4) is 0 Å². The molecule has 2 aromatic rings. The van der Waals surface area contributed by atoms with Crippen molar-refractivity contribution in [3.05, 3.63) is 78.1 Å². The van der Waals surface area contributed by atoms with Crippen molar-refractivity contribution in [2.45, 2.75) is 18.8 Å². The van der Waals surface area contributed by atoms with Crippen molar-refractivity contribution in [3.63, 3.8) is 0 Å². The van der Waals surface area contributed by atoms with E-state index in [1.807, 2.05) is 24.3 Å². The van der Waals surface area contributed by atoms with Crippen molar-refractivity contribution in [1.82, 2.24) is 4.98 Å². The minimum atomic E-state index is 0.0287. The van der Waals surface area contributed by atoms with Crippen molar-refractivity contribution in [1.29, 1.82) is 0 Å². The highest BCUT2D eigenvalue weighted by molar-refractivity contribution is 5.97. The van der Waals surface area contributed by atoms with E-state index in [-0.39, 0.29) is 11.7 Å². The number of rotatable bonds is 3. The third-order valence-corrected chi connectivity index (χ3v) is 5.15. The van der Waals surface area contributed by atoms with Crippen molar-refractivity contribution < 1.29 is 4.79 Å². The molecule has 0 N–H and O–H groups in total. The molecule has 2 bridgehead atoms. The predicted octanol–water partition coefficient (Wildman–Crippen LogP) is 4.26. The minimum Gasteiger partial charge on any atom is -0.292 e. The van der Waals surface area contributed by atoms with Crippen molar-refractivity contribution in [2.75, 3.05) is 0 Å². The molecule has 5 rings (SSSR count). The van der Waals surface area contributed by atoms with Crippen LogP contribution in [0.5, 0.6) is 0 Å². The molecule has 3 aliphatic rings. The number of pyridine rings is 1. The molecule has 22 heavy (non-hydrogen) atoms. The van der Waals surface area contributed by atoms with E-state index in [0.29, 0.717) is 23.4 Å². The maximum Gasteiger partial charge on any atom is 0.185 e. The van der Waals surface area contributed by atoms with E-state index in [9.17, 15) is 4.79 Å². The quantitative estimate of drug-likeness (QED) is 0.624. The van der Waals surface area contributed by atoms with Gasteiger partial charge in [-0.05, 0) is 42.4 Å². The van der Waals surface area contributed by atoms with Gasteiger partial charge in [-0.1, -0.05) is 48.6 Å². The van der Waals surface area contributed by atoms with Gasteiger partial charge >= 0.3 is 0 Å². The van der Waals surface area contributed by atoms with Gasteiger partial charge in [-0.2, -0.15) is 0 Å². The third-order valence-electron chi connectivity index (χ3n) is 5.15. The summed E-state index contributed by atoms with van der Waals surface area (Å²) in [5, 5.41) is 0. The van der Waals surface area contributed by atoms with Crippen LogP contribution < -0.4 is 0 Å². The van der Waals surface area contributed by atoms with E-state index in [0.717, 1.165) is 6.42 Å². The predicted molar refractivity (Wildman–Crippen MR) is 86.6 cm³/mol. The second kappa shape index (κ2) is 5.53. The highest BCUT2D eigenvalue weighted by atomic mass is 16.1. The zero-order valence-electron chi connectivity index (χ0n) is 12.4. The van der Waals surface area contributed by atoms with Crippen LogP contribution in [0.1, 0.15) is 34.8 Å². The molecule has 0 amide bonds.